The van der Waals surface area contributed by atoms with Gasteiger partial charge in [0.25, 0.3) is 0 Å². The van der Waals surface area contributed by atoms with Crippen LogP contribution in [0.15, 0.2) is 18.2 Å². The van der Waals surface area contributed by atoms with E-state index in [1.807, 2.05) is 0 Å². The number of Topliss-reactive ketones (excluding diaryl/α,β-unsaturated/α-hetero) is 1. The summed E-state index contributed by atoms with van der Waals surface area (Å²) < 4.78 is 14.1. The molecule has 0 N–H and O–H groups in total. The molecule has 1 fully saturated rings. The summed E-state index contributed by atoms with van der Waals surface area (Å²) in [6.07, 6.45) is 0. The summed E-state index contributed by atoms with van der Waals surface area (Å²) in [7, 11) is 4.11. The fourth-order valence-electron chi connectivity index (χ4n) is 2.80. The molecule has 2 rings (SSSR count). The van der Waals surface area contributed by atoms with Crippen LogP contribution in [0.25, 0.3) is 0 Å². The molecule has 104 valence electrons. The van der Waals surface area contributed by atoms with Crippen molar-refractivity contribution in [2.45, 2.75) is 19.9 Å². The molecule has 1 aromatic rings. The molecule has 0 saturated carbocycles. The van der Waals surface area contributed by atoms with E-state index in [1.54, 1.807) is 12.1 Å². The standard InChI is InChI=1S/C15H21FN2O/c1-10-8-18(9-15(10)17(3)4)14-6-5-12(11(2)19)7-13(14)16/h5-7,10,15H,8-9H2,1-4H3. The molecule has 1 heterocycles. The van der Waals surface area contributed by atoms with Crippen molar-refractivity contribution in [2.75, 3.05) is 32.1 Å². The topological polar surface area (TPSA) is 23.6 Å². The van der Waals surface area contributed by atoms with Crippen molar-refractivity contribution in [2.24, 2.45) is 5.92 Å². The van der Waals surface area contributed by atoms with Crippen molar-refractivity contribution in [3.05, 3.63) is 29.6 Å². The average Bonchev–Trinajstić information content (AvgIpc) is 2.71. The Balaban J connectivity index is 2.22. The van der Waals surface area contributed by atoms with Crippen LogP contribution in [0, 0.1) is 11.7 Å². The third kappa shape index (κ3) is 2.78. The molecule has 0 amide bonds. The van der Waals surface area contributed by atoms with Crippen LogP contribution < -0.4 is 4.90 Å². The Hall–Kier alpha value is -1.42. The first-order chi connectivity index (χ1) is 8.90. The summed E-state index contributed by atoms with van der Waals surface area (Å²) in [5.74, 6) is 0.0904. The lowest BCUT2D eigenvalue weighted by atomic mass is 10.1. The number of likely N-dealkylation sites (N-methyl/N-ethyl adjacent to an activating group) is 1. The second-order valence-electron chi connectivity index (χ2n) is 5.64. The van der Waals surface area contributed by atoms with Gasteiger partial charge in [-0.15, -0.1) is 0 Å². The molecule has 0 aromatic heterocycles. The van der Waals surface area contributed by atoms with Crippen molar-refractivity contribution >= 4 is 11.5 Å². The van der Waals surface area contributed by atoms with E-state index >= 15 is 0 Å². The Labute approximate surface area is 114 Å². The quantitative estimate of drug-likeness (QED) is 0.783. The van der Waals surface area contributed by atoms with Gasteiger partial charge >= 0.3 is 0 Å². The van der Waals surface area contributed by atoms with Crippen LogP contribution >= 0.6 is 0 Å². The first kappa shape index (κ1) is 14.0. The van der Waals surface area contributed by atoms with Crippen molar-refractivity contribution in [1.82, 2.24) is 4.90 Å². The molecule has 0 bridgehead atoms. The zero-order valence-corrected chi connectivity index (χ0v) is 12.0. The number of carbonyl (C=O) groups excluding carboxylic acids is 1. The van der Waals surface area contributed by atoms with Gasteiger partial charge in [-0.05, 0) is 45.1 Å². The minimum absolute atomic E-state index is 0.105. The number of carbonyl (C=O) groups is 1. The summed E-state index contributed by atoms with van der Waals surface area (Å²) in [6, 6.07) is 5.20. The van der Waals surface area contributed by atoms with E-state index in [1.165, 1.54) is 13.0 Å². The average molecular weight is 264 g/mol. The van der Waals surface area contributed by atoms with E-state index in [4.69, 9.17) is 0 Å². The van der Waals surface area contributed by atoms with Crippen molar-refractivity contribution < 1.29 is 9.18 Å². The van der Waals surface area contributed by atoms with Gasteiger partial charge in [0.1, 0.15) is 5.82 Å². The van der Waals surface area contributed by atoms with Gasteiger partial charge < -0.3 is 9.80 Å². The highest BCUT2D eigenvalue weighted by molar-refractivity contribution is 5.94. The highest BCUT2D eigenvalue weighted by atomic mass is 19.1. The number of nitrogens with zero attached hydrogens (tertiary/aromatic N) is 2. The molecule has 3 nitrogen and oxygen atoms in total. The van der Waals surface area contributed by atoms with E-state index < -0.39 is 0 Å². The van der Waals surface area contributed by atoms with Crippen molar-refractivity contribution in [3.63, 3.8) is 0 Å². The minimum Gasteiger partial charge on any atom is -0.367 e. The lowest BCUT2D eigenvalue weighted by Crippen LogP contribution is -2.34. The van der Waals surface area contributed by atoms with E-state index in [-0.39, 0.29) is 11.6 Å². The SMILES string of the molecule is CC(=O)c1ccc(N2CC(C)C(N(C)C)C2)c(F)c1. The van der Waals surface area contributed by atoms with Gasteiger partial charge in [0, 0.05) is 24.7 Å². The number of hydrogen-bond donors (Lipinski definition) is 0. The molecule has 0 spiro atoms. The lowest BCUT2D eigenvalue weighted by molar-refractivity contribution is 0.101. The van der Waals surface area contributed by atoms with E-state index in [2.05, 4.69) is 30.8 Å². The van der Waals surface area contributed by atoms with E-state index in [0.717, 1.165) is 13.1 Å². The van der Waals surface area contributed by atoms with Crippen LogP contribution in [0.5, 0.6) is 0 Å². The number of hydrogen-bond acceptors (Lipinski definition) is 3. The molecule has 19 heavy (non-hydrogen) atoms. The number of anilines is 1. The monoisotopic (exact) mass is 264 g/mol. The molecule has 0 aliphatic carbocycles. The predicted molar refractivity (Wildman–Crippen MR) is 75.3 cm³/mol. The number of benzene rings is 1. The molecule has 0 radical (unpaired) electrons. The van der Waals surface area contributed by atoms with Crippen LogP contribution in [-0.4, -0.2) is 43.9 Å². The third-order valence-corrected chi connectivity index (χ3v) is 3.93. The largest absolute Gasteiger partial charge is 0.367 e. The highest BCUT2D eigenvalue weighted by Gasteiger charge is 2.32. The van der Waals surface area contributed by atoms with Gasteiger partial charge in [0.15, 0.2) is 5.78 Å². The van der Waals surface area contributed by atoms with Crippen LogP contribution in [-0.2, 0) is 0 Å². The van der Waals surface area contributed by atoms with Gasteiger partial charge in [-0.2, -0.15) is 0 Å². The first-order valence-corrected chi connectivity index (χ1v) is 6.62. The number of ketones is 1. The second-order valence-corrected chi connectivity index (χ2v) is 5.64. The van der Waals surface area contributed by atoms with Gasteiger partial charge in [-0.3, -0.25) is 4.79 Å². The number of rotatable bonds is 3. The molecular formula is C15H21FN2O. The third-order valence-electron chi connectivity index (χ3n) is 3.93. The van der Waals surface area contributed by atoms with Crippen molar-refractivity contribution in [1.29, 1.82) is 0 Å². The zero-order chi connectivity index (χ0) is 14.2. The summed E-state index contributed by atoms with van der Waals surface area (Å²) in [6.45, 7) is 5.31. The first-order valence-electron chi connectivity index (χ1n) is 6.62. The van der Waals surface area contributed by atoms with Gasteiger partial charge in [0.2, 0.25) is 0 Å². The normalized spacial score (nSPS) is 23.2. The lowest BCUT2D eigenvalue weighted by Gasteiger charge is -2.23. The Bertz CT molecular complexity index is 487. The van der Waals surface area contributed by atoms with Gasteiger partial charge in [-0.25, -0.2) is 4.39 Å². The molecule has 1 aliphatic heterocycles. The molecule has 4 heteroatoms. The zero-order valence-electron chi connectivity index (χ0n) is 12.0. The van der Waals surface area contributed by atoms with Crippen molar-refractivity contribution in [3.8, 4) is 0 Å². The smallest absolute Gasteiger partial charge is 0.159 e. The highest BCUT2D eigenvalue weighted by Crippen LogP contribution is 2.28. The molecule has 1 saturated heterocycles. The summed E-state index contributed by atoms with van der Waals surface area (Å²) in [5.41, 5.74) is 1.03. The van der Waals surface area contributed by atoms with E-state index in [0.29, 0.717) is 23.2 Å². The molecule has 1 aliphatic rings. The Morgan fingerprint density at radius 2 is 2.05 bits per heavy atom. The van der Waals surface area contributed by atoms with Crippen LogP contribution in [0.4, 0.5) is 10.1 Å². The van der Waals surface area contributed by atoms with Crippen LogP contribution in [0.2, 0.25) is 0 Å². The van der Waals surface area contributed by atoms with Crippen LogP contribution in [0.1, 0.15) is 24.2 Å². The van der Waals surface area contributed by atoms with Gasteiger partial charge in [0.05, 0.1) is 5.69 Å². The Kier molecular flexibility index (Phi) is 3.90. The summed E-state index contributed by atoms with van der Waals surface area (Å²) in [4.78, 5) is 15.5. The van der Waals surface area contributed by atoms with E-state index in [9.17, 15) is 9.18 Å². The molecule has 2 atom stereocenters. The summed E-state index contributed by atoms with van der Waals surface area (Å²) >= 11 is 0. The fourth-order valence-corrected chi connectivity index (χ4v) is 2.80. The molecule has 2 unspecified atom stereocenters. The summed E-state index contributed by atoms with van der Waals surface area (Å²) in [5, 5.41) is 0. The Morgan fingerprint density at radius 3 is 2.53 bits per heavy atom. The maximum atomic E-state index is 14.1. The van der Waals surface area contributed by atoms with Gasteiger partial charge in [-0.1, -0.05) is 6.92 Å². The molecule has 1 aromatic carbocycles. The minimum atomic E-state index is -0.306. The fraction of sp³-hybridized carbons (Fsp3) is 0.533. The molecular weight excluding hydrogens is 243 g/mol. The predicted octanol–water partition coefficient (Wildman–Crippen LogP) is 2.41. The van der Waals surface area contributed by atoms with Crippen LogP contribution in [0.3, 0.4) is 0 Å². The second kappa shape index (κ2) is 5.29. The Morgan fingerprint density at radius 1 is 1.37 bits per heavy atom. The maximum Gasteiger partial charge on any atom is 0.159 e. The number of halogens is 1. The maximum absolute atomic E-state index is 14.1.